The highest BCUT2D eigenvalue weighted by molar-refractivity contribution is 5.58. The van der Waals surface area contributed by atoms with Crippen LogP contribution in [0.5, 0.6) is 0 Å². The summed E-state index contributed by atoms with van der Waals surface area (Å²) in [4.78, 5) is 0. The Labute approximate surface area is 125 Å². The third-order valence-corrected chi connectivity index (χ3v) is 3.48. The summed E-state index contributed by atoms with van der Waals surface area (Å²) in [5.41, 5.74) is 2.20. The number of nitrogens with one attached hydrogen (secondary N) is 1. The number of hydrogen-bond donors (Lipinski definition) is 1. The zero-order chi connectivity index (χ0) is 15.1. The van der Waals surface area contributed by atoms with Gasteiger partial charge in [-0.25, -0.2) is 4.39 Å². The molecule has 2 rings (SSSR count). The molecule has 0 bridgehead atoms. The Morgan fingerprint density at radius 2 is 1.95 bits per heavy atom. The van der Waals surface area contributed by atoms with Gasteiger partial charge in [0.25, 0.3) is 0 Å². The van der Waals surface area contributed by atoms with E-state index in [1.54, 1.807) is 6.07 Å². The van der Waals surface area contributed by atoms with Gasteiger partial charge in [-0.05, 0) is 30.2 Å². The highest BCUT2D eigenvalue weighted by Crippen LogP contribution is 2.26. The van der Waals surface area contributed by atoms with Gasteiger partial charge in [0.15, 0.2) is 0 Å². The molecule has 0 saturated heterocycles. The number of unbranched alkanes of at least 4 members (excludes halogenated alkanes) is 1. The first-order valence-corrected chi connectivity index (χ1v) is 7.25. The number of nitriles is 1. The van der Waals surface area contributed by atoms with Crippen molar-refractivity contribution in [2.24, 2.45) is 0 Å². The molecular weight excluding hydrogens is 263 g/mol. The van der Waals surface area contributed by atoms with Crippen molar-refractivity contribution in [1.29, 1.82) is 5.26 Å². The van der Waals surface area contributed by atoms with Crippen LogP contribution >= 0.6 is 0 Å². The zero-order valence-corrected chi connectivity index (χ0v) is 12.1. The van der Waals surface area contributed by atoms with Gasteiger partial charge in [-0.2, -0.15) is 5.26 Å². The molecule has 1 N–H and O–H groups in total. The lowest BCUT2D eigenvalue weighted by molar-refractivity contribution is 0.624. The first-order chi connectivity index (χ1) is 10.2. The van der Waals surface area contributed by atoms with Gasteiger partial charge in [-0.1, -0.05) is 50.1 Å². The lowest BCUT2D eigenvalue weighted by Crippen LogP contribution is -2.11. The Morgan fingerprint density at radius 3 is 2.62 bits per heavy atom. The van der Waals surface area contributed by atoms with Crippen LogP contribution in [-0.4, -0.2) is 0 Å². The van der Waals surface area contributed by atoms with Crippen LogP contribution in [-0.2, 0) is 0 Å². The van der Waals surface area contributed by atoms with Crippen LogP contribution in [0.25, 0.3) is 0 Å². The number of halogens is 1. The molecule has 0 amide bonds. The summed E-state index contributed by atoms with van der Waals surface area (Å²) in [5.74, 6) is -0.387. The van der Waals surface area contributed by atoms with Crippen LogP contribution in [0.2, 0.25) is 0 Å². The maximum absolute atomic E-state index is 13.2. The molecule has 2 aromatic carbocycles. The van der Waals surface area contributed by atoms with Gasteiger partial charge in [0.1, 0.15) is 11.9 Å². The summed E-state index contributed by atoms with van der Waals surface area (Å²) in [5, 5.41) is 12.5. The van der Waals surface area contributed by atoms with E-state index in [9.17, 15) is 4.39 Å². The lowest BCUT2D eigenvalue weighted by Gasteiger charge is -2.21. The van der Waals surface area contributed by atoms with E-state index in [1.807, 2.05) is 24.3 Å². The van der Waals surface area contributed by atoms with E-state index in [0.29, 0.717) is 11.3 Å². The molecule has 1 atom stereocenters. The standard InChI is InChI=1S/C18H19FN2/c1-2-3-9-17(14-7-5-4-6-8-14)21-18-11-10-16(19)12-15(18)13-20/h4-8,10-12,17,21H,2-3,9H2,1H3. The quantitative estimate of drug-likeness (QED) is 0.805. The van der Waals surface area contributed by atoms with Crippen molar-refractivity contribution in [3.05, 3.63) is 65.5 Å². The smallest absolute Gasteiger partial charge is 0.124 e. The van der Waals surface area contributed by atoms with Gasteiger partial charge in [0.05, 0.1) is 17.3 Å². The highest BCUT2D eigenvalue weighted by Gasteiger charge is 2.13. The molecule has 0 heterocycles. The molecule has 0 fully saturated rings. The molecular formula is C18H19FN2. The molecule has 21 heavy (non-hydrogen) atoms. The summed E-state index contributed by atoms with van der Waals surface area (Å²) in [6.45, 7) is 2.15. The Hall–Kier alpha value is -2.34. The molecule has 3 heteroatoms. The number of benzene rings is 2. The van der Waals surface area contributed by atoms with E-state index in [2.05, 4.69) is 24.4 Å². The normalized spacial score (nSPS) is 11.7. The fraction of sp³-hybridized carbons (Fsp3) is 0.278. The fourth-order valence-electron chi connectivity index (χ4n) is 2.34. The van der Waals surface area contributed by atoms with E-state index in [1.165, 1.54) is 17.7 Å². The predicted octanol–water partition coefficient (Wildman–Crippen LogP) is 5.04. The van der Waals surface area contributed by atoms with Gasteiger partial charge in [0.2, 0.25) is 0 Å². The van der Waals surface area contributed by atoms with Crippen molar-refractivity contribution >= 4 is 5.69 Å². The van der Waals surface area contributed by atoms with Crippen LogP contribution in [0.3, 0.4) is 0 Å². The second kappa shape index (κ2) is 7.44. The molecule has 0 aliphatic heterocycles. The van der Waals surface area contributed by atoms with Crippen LogP contribution < -0.4 is 5.32 Å². The monoisotopic (exact) mass is 282 g/mol. The van der Waals surface area contributed by atoms with Gasteiger partial charge in [-0.15, -0.1) is 0 Å². The second-order valence-corrected chi connectivity index (χ2v) is 5.05. The van der Waals surface area contributed by atoms with E-state index >= 15 is 0 Å². The first-order valence-electron chi connectivity index (χ1n) is 7.25. The molecule has 0 spiro atoms. The van der Waals surface area contributed by atoms with Crippen molar-refractivity contribution in [2.75, 3.05) is 5.32 Å². The Morgan fingerprint density at radius 1 is 1.19 bits per heavy atom. The van der Waals surface area contributed by atoms with Crippen molar-refractivity contribution < 1.29 is 4.39 Å². The molecule has 2 nitrogen and oxygen atoms in total. The number of hydrogen-bond acceptors (Lipinski definition) is 2. The van der Waals surface area contributed by atoms with E-state index in [0.717, 1.165) is 19.3 Å². The van der Waals surface area contributed by atoms with Crippen molar-refractivity contribution in [1.82, 2.24) is 0 Å². The molecule has 108 valence electrons. The minimum absolute atomic E-state index is 0.128. The Kier molecular flexibility index (Phi) is 5.34. The number of anilines is 1. The molecule has 0 aromatic heterocycles. The van der Waals surface area contributed by atoms with Crippen LogP contribution in [0.1, 0.15) is 43.4 Å². The summed E-state index contributed by atoms with van der Waals surface area (Å²) in [7, 11) is 0. The zero-order valence-electron chi connectivity index (χ0n) is 12.1. The largest absolute Gasteiger partial charge is 0.377 e. The van der Waals surface area contributed by atoms with Crippen molar-refractivity contribution in [3.8, 4) is 6.07 Å². The molecule has 1 unspecified atom stereocenters. The van der Waals surface area contributed by atoms with Gasteiger partial charge < -0.3 is 5.32 Å². The summed E-state index contributed by atoms with van der Waals surface area (Å²) in [6.07, 6.45) is 3.18. The topological polar surface area (TPSA) is 35.8 Å². The SMILES string of the molecule is CCCCC(Nc1ccc(F)cc1C#N)c1ccccc1. The van der Waals surface area contributed by atoms with Crippen LogP contribution in [0, 0.1) is 17.1 Å². The fourth-order valence-corrected chi connectivity index (χ4v) is 2.34. The van der Waals surface area contributed by atoms with Crippen LogP contribution in [0.4, 0.5) is 10.1 Å². The maximum Gasteiger partial charge on any atom is 0.124 e. The number of rotatable bonds is 6. The molecule has 0 aliphatic carbocycles. The average molecular weight is 282 g/mol. The van der Waals surface area contributed by atoms with E-state index < -0.39 is 0 Å². The maximum atomic E-state index is 13.2. The van der Waals surface area contributed by atoms with Gasteiger partial charge in [-0.3, -0.25) is 0 Å². The Bertz CT molecular complexity index is 617. The molecule has 0 saturated carbocycles. The lowest BCUT2D eigenvalue weighted by atomic mass is 10.00. The Balaban J connectivity index is 2.25. The van der Waals surface area contributed by atoms with Gasteiger partial charge >= 0.3 is 0 Å². The number of nitrogens with zero attached hydrogens (tertiary/aromatic N) is 1. The third kappa shape index (κ3) is 4.06. The third-order valence-electron chi connectivity index (χ3n) is 3.48. The molecule has 0 radical (unpaired) electrons. The minimum atomic E-state index is -0.387. The van der Waals surface area contributed by atoms with Crippen molar-refractivity contribution in [2.45, 2.75) is 32.2 Å². The minimum Gasteiger partial charge on any atom is -0.377 e. The molecule has 2 aromatic rings. The average Bonchev–Trinajstić information content (AvgIpc) is 2.53. The first kappa shape index (κ1) is 15.1. The van der Waals surface area contributed by atoms with Gasteiger partial charge in [0, 0.05) is 0 Å². The highest BCUT2D eigenvalue weighted by atomic mass is 19.1. The van der Waals surface area contributed by atoms with E-state index in [-0.39, 0.29) is 11.9 Å². The summed E-state index contributed by atoms with van der Waals surface area (Å²) < 4.78 is 13.2. The second-order valence-electron chi connectivity index (χ2n) is 5.05. The van der Waals surface area contributed by atoms with Crippen molar-refractivity contribution in [3.63, 3.8) is 0 Å². The summed E-state index contributed by atoms with van der Waals surface area (Å²) in [6, 6.07) is 16.6. The van der Waals surface area contributed by atoms with Crippen LogP contribution in [0.15, 0.2) is 48.5 Å². The summed E-state index contributed by atoms with van der Waals surface area (Å²) >= 11 is 0. The predicted molar refractivity (Wildman–Crippen MR) is 83.4 cm³/mol. The van der Waals surface area contributed by atoms with E-state index in [4.69, 9.17) is 5.26 Å². The molecule has 0 aliphatic rings.